The van der Waals surface area contributed by atoms with E-state index in [-0.39, 0.29) is 16.8 Å². The van der Waals surface area contributed by atoms with Crippen molar-refractivity contribution in [3.05, 3.63) is 60.2 Å². The van der Waals surface area contributed by atoms with Crippen molar-refractivity contribution in [1.82, 2.24) is 10.1 Å². The minimum atomic E-state index is -3.45. The minimum absolute atomic E-state index is 0.0757. The molecule has 25 heavy (non-hydrogen) atoms. The van der Waals surface area contributed by atoms with Gasteiger partial charge in [0, 0.05) is 12.5 Å². The molecule has 1 aliphatic rings. The maximum absolute atomic E-state index is 12.1. The molecule has 0 aliphatic heterocycles. The Balaban J connectivity index is 1.47. The number of hydrazine groups is 1. The summed E-state index contributed by atoms with van der Waals surface area (Å²) in [6, 6.07) is 16.1. The Morgan fingerprint density at radius 3 is 2.32 bits per heavy atom. The summed E-state index contributed by atoms with van der Waals surface area (Å²) >= 11 is 0. The van der Waals surface area contributed by atoms with Gasteiger partial charge >= 0.3 is 0 Å². The largest absolute Gasteiger partial charge is 0.299 e. The molecule has 6 nitrogen and oxygen atoms in total. The van der Waals surface area contributed by atoms with Crippen LogP contribution in [0.2, 0.25) is 0 Å². The molecule has 0 unspecified atom stereocenters. The third-order valence-electron chi connectivity index (χ3n) is 3.89. The number of carbonyl (C=O) groups is 1. The van der Waals surface area contributed by atoms with Crippen LogP contribution < -0.4 is 15.6 Å². The van der Waals surface area contributed by atoms with E-state index in [9.17, 15) is 13.2 Å². The molecule has 1 fully saturated rings. The molecule has 0 heterocycles. The van der Waals surface area contributed by atoms with Gasteiger partial charge in [0.25, 0.3) is 0 Å². The standard InChI is InChI=1S/C18H21N3O3S/c22-18(13-6-14-4-2-1-3-5-14)20-19-15-9-11-17(12-10-15)25(23,24)21-16-7-8-16/h1-5,9-12,16,19,21H,6-8,13H2,(H,20,22). The highest BCUT2D eigenvalue weighted by Crippen LogP contribution is 2.22. The van der Waals surface area contributed by atoms with Crippen LogP contribution in [0.4, 0.5) is 5.69 Å². The normalized spacial score (nSPS) is 14.1. The van der Waals surface area contributed by atoms with E-state index >= 15 is 0 Å². The van der Waals surface area contributed by atoms with Crippen LogP contribution in [0.5, 0.6) is 0 Å². The number of anilines is 1. The van der Waals surface area contributed by atoms with Crippen LogP contribution in [0.25, 0.3) is 0 Å². The van der Waals surface area contributed by atoms with Crippen molar-refractivity contribution in [3.8, 4) is 0 Å². The lowest BCUT2D eigenvalue weighted by molar-refractivity contribution is -0.120. The lowest BCUT2D eigenvalue weighted by Crippen LogP contribution is -2.29. The second-order valence-corrected chi connectivity index (χ2v) is 7.79. The summed E-state index contributed by atoms with van der Waals surface area (Å²) in [5, 5.41) is 0. The first-order valence-corrected chi connectivity index (χ1v) is 9.72. The number of nitrogens with one attached hydrogen (secondary N) is 3. The first kappa shape index (κ1) is 17.4. The molecule has 0 atom stereocenters. The Labute approximate surface area is 147 Å². The molecule has 1 saturated carbocycles. The summed E-state index contributed by atoms with van der Waals surface area (Å²) in [5.41, 5.74) is 7.14. The Kier molecular flexibility index (Phi) is 5.35. The van der Waals surface area contributed by atoms with Crippen molar-refractivity contribution in [1.29, 1.82) is 0 Å². The first-order chi connectivity index (χ1) is 12.0. The number of benzene rings is 2. The second kappa shape index (κ2) is 7.67. The van der Waals surface area contributed by atoms with E-state index in [0.717, 1.165) is 18.4 Å². The second-order valence-electron chi connectivity index (χ2n) is 6.08. The van der Waals surface area contributed by atoms with E-state index in [0.29, 0.717) is 18.5 Å². The molecular formula is C18H21N3O3S. The zero-order valence-electron chi connectivity index (χ0n) is 13.7. The molecule has 132 valence electrons. The molecule has 0 saturated heterocycles. The van der Waals surface area contributed by atoms with Gasteiger partial charge in [-0.2, -0.15) is 0 Å². The third-order valence-corrected chi connectivity index (χ3v) is 5.43. The van der Waals surface area contributed by atoms with Gasteiger partial charge < -0.3 is 0 Å². The van der Waals surface area contributed by atoms with Crippen LogP contribution in [-0.2, 0) is 21.2 Å². The Bertz CT molecular complexity index is 816. The van der Waals surface area contributed by atoms with Crippen molar-refractivity contribution in [2.24, 2.45) is 0 Å². The van der Waals surface area contributed by atoms with Crippen LogP contribution in [0.3, 0.4) is 0 Å². The maximum Gasteiger partial charge on any atom is 0.240 e. The highest BCUT2D eigenvalue weighted by molar-refractivity contribution is 7.89. The van der Waals surface area contributed by atoms with E-state index in [1.807, 2.05) is 30.3 Å². The number of hydrogen-bond donors (Lipinski definition) is 3. The highest BCUT2D eigenvalue weighted by atomic mass is 32.2. The van der Waals surface area contributed by atoms with Gasteiger partial charge in [-0.1, -0.05) is 30.3 Å². The van der Waals surface area contributed by atoms with Gasteiger partial charge in [0.1, 0.15) is 0 Å². The Morgan fingerprint density at radius 1 is 1.00 bits per heavy atom. The number of rotatable bonds is 8. The summed E-state index contributed by atoms with van der Waals surface area (Å²) in [4.78, 5) is 12.1. The summed E-state index contributed by atoms with van der Waals surface area (Å²) < 4.78 is 26.8. The zero-order valence-corrected chi connectivity index (χ0v) is 14.6. The van der Waals surface area contributed by atoms with Crippen molar-refractivity contribution >= 4 is 21.6 Å². The summed E-state index contributed by atoms with van der Waals surface area (Å²) in [5.74, 6) is -0.129. The van der Waals surface area contributed by atoms with Crippen LogP contribution in [0.1, 0.15) is 24.8 Å². The van der Waals surface area contributed by atoms with E-state index in [2.05, 4.69) is 15.6 Å². The molecule has 0 bridgehead atoms. The molecule has 1 aliphatic carbocycles. The number of hydrogen-bond acceptors (Lipinski definition) is 4. The van der Waals surface area contributed by atoms with Gasteiger partial charge in [-0.05, 0) is 49.1 Å². The number of carbonyl (C=O) groups excluding carboxylic acids is 1. The van der Waals surface area contributed by atoms with Gasteiger partial charge in [0.05, 0.1) is 10.6 Å². The van der Waals surface area contributed by atoms with Gasteiger partial charge in [-0.3, -0.25) is 15.6 Å². The third kappa shape index (κ3) is 5.30. The van der Waals surface area contributed by atoms with E-state index in [1.165, 1.54) is 12.1 Å². The van der Waals surface area contributed by atoms with Crippen molar-refractivity contribution in [3.63, 3.8) is 0 Å². The molecule has 2 aromatic carbocycles. The highest BCUT2D eigenvalue weighted by Gasteiger charge is 2.27. The fraction of sp³-hybridized carbons (Fsp3) is 0.278. The average Bonchev–Trinajstić information content (AvgIpc) is 3.43. The molecule has 0 radical (unpaired) electrons. The molecule has 0 spiro atoms. The Morgan fingerprint density at radius 2 is 1.68 bits per heavy atom. The molecule has 3 rings (SSSR count). The summed E-state index contributed by atoms with van der Waals surface area (Å²) in [6.45, 7) is 0. The molecule has 1 amide bonds. The molecular weight excluding hydrogens is 338 g/mol. The number of amides is 1. The first-order valence-electron chi connectivity index (χ1n) is 8.24. The smallest absolute Gasteiger partial charge is 0.240 e. The van der Waals surface area contributed by atoms with Gasteiger partial charge in [0.15, 0.2) is 0 Å². The molecule has 3 N–H and O–H groups in total. The fourth-order valence-electron chi connectivity index (χ4n) is 2.31. The summed E-state index contributed by atoms with van der Waals surface area (Å²) in [7, 11) is -3.45. The molecule has 0 aromatic heterocycles. The van der Waals surface area contributed by atoms with E-state index in [4.69, 9.17) is 0 Å². The average molecular weight is 359 g/mol. The molecule has 7 heteroatoms. The van der Waals surface area contributed by atoms with E-state index in [1.54, 1.807) is 12.1 Å². The van der Waals surface area contributed by atoms with Gasteiger partial charge in [0.2, 0.25) is 15.9 Å². The SMILES string of the molecule is O=C(CCc1ccccc1)NNc1ccc(S(=O)(=O)NC2CC2)cc1. The predicted molar refractivity (Wildman–Crippen MR) is 96.3 cm³/mol. The monoisotopic (exact) mass is 359 g/mol. The maximum atomic E-state index is 12.1. The Hall–Kier alpha value is -2.38. The van der Waals surface area contributed by atoms with Crippen molar-refractivity contribution in [2.45, 2.75) is 36.6 Å². The lowest BCUT2D eigenvalue weighted by Gasteiger charge is -2.10. The van der Waals surface area contributed by atoms with Gasteiger partial charge in [-0.15, -0.1) is 0 Å². The van der Waals surface area contributed by atoms with E-state index < -0.39 is 10.0 Å². The van der Waals surface area contributed by atoms with Crippen molar-refractivity contribution in [2.75, 3.05) is 5.43 Å². The zero-order chi connectivity index (χ0) is 17.7. The number of sulfonamides is 1. The quantitative estimate of drug-likeness (QED) is 0.631. The predicted octanol–water partition coefficient (Wildman–Crippen LogP) is 2.20. The summed E-state index contributed by atoms with van der Waals surface area (Å²) in [6.07, 6.45) is 2.83. The fourth-order valence-corrected chi connectivity index (χ4v) is 3.62. The van der Waals surface area contributed by atoms with Crippen LogP contribution in [0.15, 0.2) is 59.5 Å². The van der Waals surface area contributed by atoms with Crippen molar-refractivity contribution < 1.29 is 13.2 Å². The van der Waals surface area contributed by atoms with Crippen LogP contribution in [0, 0.1) is 0 Å². The van der Waals surface area contributed by atoms with Gasteiger partial charge in [-0.25, -0.2) is 13.1 Å². The minimum Gasteiger partial charge on any atom is -0.299 e. The van der Waals surface area contributed by atoms with Crippen LogP contribution >= 0.6 is 0 Å². The lowest BCUT2D eigenvalue weighted by atomic mass is 10.1. The van der Waals surface area contributed by atoms with Crippen LogP contribution in [-0.4, -0.2) is 20.4 Å². The molecule has 2 aromatic rings. The topological polar surface area (TPSA) is 87.3 Å². The number of aryl methyl sites for hydroxylation is 1.